The van der Waals surface area contributed by atoms with Gasteiger partial charge in [-0.05, 0) is 42.3 Å². The Kier molecular flexibility index (Phi) is 7.46. The van der Waals surface area contributed by atoms with Gasteiger partial charge in [-0.3, -0.25) is 14.9 Å². The van der Waals surface area contributed by atoms with E-state index < -0.39 is 34.7 Å². The van der Waals surface area contributed by atoms with Gasteiger partial charge in [0.2, 0.25) is 5.91 Å². The SMILES string of the molecule is COC(=O)[C@H](Cc1ccc(O)cc1)NCC(=O)Nc1ccc(Cl)c(C(F)(F)F)c1. The van der Waals surface area contributed by atoms with Gasteiger partial charge in [-0.25, -0.2) is 0 Å². The normalized spacial score (nSPS) is 12.3. The maximum atomic E-state index is 12.9. The van der Waals surface area contributed by atoms with Gasteiger partial charge in [0.25, 0.3) is 0 Å². The molecule has 0 unspecified atom stereocenters. The number of rotatable bonds is 7. The number of carbonyl (C=O) groups is 2. The molecule has 0 fully saturated rings. The molecule has 0 saturated heterocycles. The molecule has 0 saturated carbocycles. The highest BCUT2D eigenvalue weighted by atomic mass is 35.5. The number of carbonyl (C=O) groups excluding carboxylic acids is 2. The number of nitrogens with one attached hydrogen (secondary N) is 2. The Morgan fingerprint density at radius 2 is 1.83 bits per heavy atom. The zero-order chi connectivity index (χ0) is 21.6. The third-order valence-corrected chi connectivity index (χ3v) is 4.26. The summed E-state index contributed by atoms with van der Waals surface area (Å²) in [6.45, 7) is -0.345. The number of hydrogen-bond donors (Lipinski definition) is 3. The molecule has 1 atom stereocenters. The van der Waals surface area contributed by atoms with Gasteiger partial charge in [0.05, 0.1) is 24.2 Å². The van der Waals surface area contributed by atoms with E-state index in [4.69, 9.17) is 16.3 Å². The summed E-state index contributed by atoms with van der Waals surface area (Å²) < 4.78 is 43.4. The first kappa shape index (κ1) is 22.5. The fourth-order valence-corrected chi connectivity index (χ4v) is 2.71. The van der Waals surface area contributed by atoms with Crippen LogP contribution in [0.1, 0.15) is 11.1 Å². The fraction of sp³-hybridized carbons (Fsp3) is 0.263. The molecule has 156 valence electrons. The number of anilines is 1. The van der Waals surface area contributed by atoms with Crippen LogP contribution in [0.15, 0.2) is 42.5 Å². The van der Waals surface area contributed by atoms with Crippen molar-refractivity contribution in [1.82, 2.24) is 5.32 Å². The Labute approximate surface area is 169 Å². The van der Waals surface area contributed by atoms with E-state index in [9.17, 15) is 27.9 Å². The topological polar surface area (TPSA) is 87.7 Å². The smallest absolute Gasteiger partial charge is 0.417 e. The van der Waals surface area contributed by atoms with Crippen molar-refractivity contribution in [2.45, 2.75) is 18.6 Å². The summed E-state index contributed by atoms with van der Waals surface area (Å²) in [5.74, 6) is -1.20. The van der Waals surface area contributed by atoms with E-state index in [0.717, 1.165) is 12.1 Å². The number of hydrogen-bond acceptors (Lipinski definition) is 5. The molecular formula is C19H18ClF3N2O4. The van der Waals surface area contributed by atoms with Crippen molar-refractivity contribution in [2.24, 2.45) is 0 Å². The predicted octanol–water partition coefficient (Wildman–Crippen LogP) is 3.38. The van der Waals surface area contributed by atoms with E-state index >= 15 is 0 Å². The van der Waals surface area contributed by atoms with Gasteiger partial charge in [-0.2, -0.15) is 13.2 Å². The van der Waals surface area contributed by atoms with Crippen LogP contribution in [-0.4, -0.2) is 36.7 Å². The highest BCUT2D eigenvalue weighted by Crippen LogP contribution is 2.36. The van der Waals surface area contributed by atoms with Crippen LogP contribution in [0.25, 0.3) is 0 Å². The molecular weight excluding hydrogens is 413 g/mol. The van der Waals surface area contributed by atoms with Crippen LogP contribution in [-0.2, 0) is 26.9 Å². The molecule has 29 heavy (non-hydrogen) atoms. The Bertz CT molecular complexity index is 873. The number of halogens is 4. The largest absolute Gasteiger partial charge is 0.508 e. The van der Waals surface area contributed by atoms with Crippen molar-refractivity contribution >= 4 is 29.2 Å². The van der Waals surface area contributed by atoms with Gasteiger partial charge in [0, 0.05) is 5.69 Å². The standard InChI is InChI=1S/C19H18ClF3N2O4/c1-29-18(28)16(8-11-2-5-13(26)6-3-11)24-10-17(27)25-12-4-7-15(20)14(9-12)19(21,22)23/h2-7,9,16,24,26H,8,10H2,1H3,(H,25,27)/t16-/m0/s1. The second-order valence-electron chi connectivity index (χ2n) is 6.07. The van der Waals surface area contributed by atoms with E-state index in [0.29, 0.717) is 5.56 Å². The van der Waals surface area contributed by atoms with E-state index in [2.05, 4.69) is 10.6 Å². The molecule has 0 aliphatic rings. The lowest BCUT2D eigenvalue weighted by Gasteiger charge is -2.17. The first-order chi connectivity index (χ1) is 13.6. The van der Waals surface area contributed by atoms with Gasteiger partial charge in [-0.15, -0.1) is 0 Å². The summed E-state index contributed by atoms with van der Waals surface area (Å²) >= 11 is 5.55. The van der Waals surface area contributed by atoms with Gasteiger partial charge in [0.15, 0.2) is 0 Å². The summed E-state index contributed by atoms with van der Waals surface area (Å²) in [5.41, 5.74) is -0.440. The van der Waals surface area contributed by atoms with Crippen LogP contribution < -0.4 is 10.6 Å². The minimum atomic E-state index is -4.66. The van der Waals surface area contributed by atoms with Crippen LogP contribution in [0.5, 0.6) is 5.75 Å². The minimum Gasteiger partial charge on any atom is -0.508 e. The second kappa shape index (κ2) is 9.62. The molecule has 1 amide bonds. The lowest BCUT2D eigenvalue weighted by Crippen LogP contribution is -2.43. The van der Waals surface area contributed by atoms with Gasteiger partial charge in [-0.1, -0.05) is 23.7 Å². The van der Waals surface area contributed by atoms with Crippen LogP contribution in [0, 0.1) is 0 Å². The molecule has 0 radical (unpaired) electrons. The summed E-state index contributed by atoms with van der Waals surface area (Å²) in [4.78, 5) is 24.0. The molecule has 10 heteroatoms. The summed E-state index contributed by atoms with van der Waals surface area (Å²) in [6.07, 6.45) is -4.48. The van der Waals surface area contributed by atoms with E-state index in [-0.39, 0.29) is 24.4 Å². The van der Waals surface area contributed by atoms with Crippen molar-refractivity contribution in [3.8, 4) is 5.75 Å². The van der Waals surface area contributed by atoms with Gasteiger partial charge in [0.1, 0.15) is 11.8 Å². The number of amides is 1. The van der Waals surface area contributed by atoms with Crippen molar-refractivity contribution in [3.05, 3.63) is 58.6 Å². The Morgan fingerprint density at radius 1 is 1.17 bits per heavy atom. The average Bonchev–Trinajstić information content (AvgIpc) is 2.66. The molecule has 0 aliphatic carbocycles. The van der Waals surface area contributed by atoms with E-state index in [1.165, 1.54) is 25.3 Å². The van der Waals surface area contributed by atoms with Crippen LogP contribution in [0.2, 0.25) is 5.02 Å². The van der Waals surface area contributed by atoms with Crippen LogP contribution in [0.4, 0.5) is 18.9 Å². The number of esters is 1. The number of methoxy groups -OCH3 is 1. The van der Waals surface area contributed by atoms with Crippen molar-refractivity contribution in [2.75, 3.05) is 19.0 Å². The summed E-state index contributed by atoms with van der Waals surface area (Å²) in [6, 6.07) is 8.27. The molecule has 0 aliphatic heterocycles. The quantitative estimate of drug-likeness (QED) is 0.586. The molecule has 6 nitrogen and oxygen atoms in total. The number of alkyl halides is 3. The highest BCUT2D eigenvalue weighted by Gasteiger charge is 2.33. The number of ether oxygens (including phenoxy) is 1. The summed E-state index contributed by atoms with van der Waals surface area (Å²) in [5, 5.41) is 13.9. The lowest BCUT2D eigenvalue weighted by molar-refractivity contribution is -0.143. The van der Waals surface area contributed by atoms with Crippen molar-refractivity contribution in [1.29, 1.82) is 0 Å². The lowest BCUT2D eigenvalue weighted by atomic mass is 10.1. The first-order valence-corrected chi connectivity index (χ1v) is 8.73. The average molecular weight is 431 g/mol. The molecule has 2 rings (SSSR count). The number of phenolic OH excluding ortho intramolecular Hbond substituents is 1. The fourth-order valence-electron chi connectivity index (χ4n) is 2.49. The molecule has 0 spiro atoms. The van der Waals surface area contributed by atoms with E-state index in [1.54, 1.807) is 12.1 Å². The Morgan fingerprint density at radius 3 is 2.41 bits per heavy atom. The summed E-state index contributed by atoms with van der Waals surface area (Å²) in [7, 11) is 1.19. The third-order valence-electron chi connectivity index (χ3n) is 3.93. The molecule has 2 aromatic carbocycles. The zero-order valence-electron chi connectivity index (χ0n) is 15.2. The van der Waals surface area contributed by atoms with Gasteiger partial charge < -0.3 is 15.2 Å². The van der Waals surface area contributed by atoms with Gasteiger partial charge >= 0.3 is 12.1 Å². The number of benzene rings is 2. The van der Waals surface area contributed by atoms with Crippen LogP contribution >= 0.6 is 11.6 Å². The minimum absolute atomic E-state index is 0.0666. The molecule has 3 N–H and O–H groups in total. The number of aromatic hydroxyl groups is 1. The third kappa shape index (κ3) is 6.65. The maximum Gasteiger partial charge on any atom is 0.417 e. The monoisotopic (exact) mass is 430 g/mol. The predicted molar refractivity (Wildman–Crippen MR) is 101 cm³/mol. The first-order valence-electron chi connectivity index (χ1n) is 8.36. The molecule has 2 aromatic rings. The van der Waals surface area contributed by atoms with Crippen molar-refractivity contribution < 1.29 is 32.6 Å². The molecule has 0 heterocycles. The molecule has 0 aromatic heterocycles. The Balaban J connectivity index is 2.01. The Hall–Kier alpha value is -2.78. The zero-order valence-corrected chi connectivity index (χ0v) is 16.0. The second-order valence-corrected chi connectivity index (χ2v) is 6.47. The molecule has 0 bridgehead atoms. The van der Waals surface area contributed by atoms with Crippen molar-refractivity contribution in [3.63, 3.8) is 0 Å². The van der Waals surface area contributed by atoms with Crippen LogP contribution in [0.3, 0.4) is 0 Å². The highest BCUT2D eigenvalue weighted by molar-refractivity contribution is 6.31. The number of phenols is 1. The van der Waals surface area contributed by atoms with E-state index in [1.807, 2.05) is 0 Å². The maximum absolute atomic E-state index is 12.9.